The smallest absolute Gasteiger partial charge is 0.143 e. The van der Waals surface area contributed by atoms with Crippen molar-refractivity contribution in [3.63, 3.8) is 0 Å². The van der Waals surface area contributed by atoms with Gasteiger partial charge in [-0.3, -0.25) is 0 Å². The molecule has 0 amide bonds. The van der Waals surface area contributed by atoms with E-state index in [1.807, 2.05) is 23.5 Å². The number of nitrogens with zero attached hydrogens (tertiary/aromatic N) is 1. The van der Waals surface area contributed by atoms with E-state index in [9.17, 15) is 0 Å². The molecule has 12 rings (SSSR count). The number of fused-ring (bicyclic) bond motifs is 12. The summed E-state index contributed by atoms with van der Waals surface area (Å²) in [7, 11) is 0. The average molecular weight is 744 g/mol. The number of thiophene rings is 1. The summed E-state index contributed by atoms with van der Waals surface area (Å²) in [5, 5.41) is 12.5. The summed E-state index contributed by atoms with van der Waals surface area (Å²) in [6.07, 6.45) is 0. The molecule has 10 aromatic carbocycles. The quantitative estimate of drug-likeness (QED) is 0.163. The molecule has 0 saturated heterocycles. The Morgan fingerprint density at radius 2 is 0.825 bits per heavy atom. The average Bonchev–Trinajstić information content (AvgIpc) is 3.86. The Bertz CT molecular complexity index is 3330. The zero-order valence-electron chi connectivity index (χ0n) is 30.8. The van der Waals surface area contributed by atoms with Crippen molar-refractivity contribution in [1.82, 2.24) is 0 Å². The molecule has 2 nitrogen and oxygen atoms in total. The highest BCUT2D eigenvalue weighted by Gasteiger charge is 2.18. The maximum atomic E-state index is 6.44. The molecule has 0 unspecified atom stereocenters. The molecule has 0 atom stereocenters. The maximum absolute atomic E-state index is 6.44. The van der Waals surface area contributed by atoms with Crippen LogP contribution in [0, 0.1) is 0 Å². The summed E-state index contributed by atoms with van der Waals surface area (Å²) in [5.74, 6) is 0. The summed E-state index contributed by atoms with van der Waals surface area (Å²) >= 11 is 1.87. The van der Waals surface area contributed by atoms with Crippen LogP contribution in [0.1, 0.15) is 0 Å². The lowest BCUT2D eigenvalue weighted by atomic mass is 9.94. The second kappa shape index (κ2) is 12.7. The van der Waals surface area contributed by atoms with E-state index in [2.05, 4.69) is 193 Å². The van der Waals surface area contributed by atoms with Crippen molar-refractivity contribution < 1.29 is 4.42 Å². The van der Waals surface area contributed by atoms with Crippen molar-refractivity contribution in [2.75, 3.05) is 4.90 Å². The van der Waals surface area contributed by atoms with E-state index in [1.54, 1.807) is 0 Å². The molecule has 0 fully saturated rings. The second-order valence-electron chi connectivity index (χ2n) is 14.8. The normalized spacial score (nSPS) is 11.9. The number of hydrogen-bond acceptors (Lipinski definition) is 3. The zero-order chi connectivity index (χ0) is 37.5. The van der Waals surface area contributed by atoms with E-state index in [0.29, 0.717) is 0 Å². The van der Waals surface area contributed by atoms with Crippen LogP contribution in [0.2, 0.25) is 0 Å². The van der Waals surface area contributed by atoms with Gasteiger partial charge in [0, 0.05) is 53.6 Å². The third-order valence-corrected chi connectivity index (χ3v) is 12.9. The highest BCUT2D eigenvalue weighted by molar-refractivity contribution is 7.26. The Hall–Kier alpha value is -7.20. The van der Waals surface area contributed by atoms with Crippen molar-refractivity contribution in [3.8, 4) is 22.3 Å². The monoisotopic (exact) mass is 743 g/mol. The van der Waals surface area contributed by atoms with Gasteiger partial charge >= 0.3 is 0 Å². The van der Waals surface area contributed by atoms with Crippen LogP contribution in [0.5, 0.6) is 0 Å². The van der Waals surface area contributed by atoms with Gasteiger partial charge in [0.25, 0.3) is 0 Å². The van der Waals surface area contributed by atoms with E-state index in [0.717, 1.165) is 50.1 Å². The number of para-hydroxylation sites is 2. The van der Waals surface area contributed by atoms with Crippen LogP contribution in [0.25, 0.3) is 96.7 Å². The number of hydrogen-bond donors (Lipinski definition) is 0. The predicted molar refractivity (Wildman–Crippen MR) is 245 cm³/mol. The lowest BCUT2D eigenvalue weighted by Crippen LogP contribution is -2.10. The molecular formula is C54H33NOS. The number of benzene rings is 10. The summed E-state index contributed by atoms with van der Waals surface area (Å²) in [6.45, 7) is 0. The van der Waals surface area contributed by atoms with E-state index < -0.39 is 0 Å². The second-order valence-corrected chi connectivity index (χ2v) is 15.9. The number of furan rings is 1. The van der Waals surface area contributed by atoms with Gasteiger partial charge in [-0.25, -0.2) is 0 Å². The Kier molecular flexibility index (Phi) is 7.13. The lowest BCUT2D eigenvalue weighted by Gasteiger charge is -2.27. The molecule has 3 heteroatoms. The molecule has 0 spiro atoms. The minimum absolute atomic E-state index is 0.909. The van der Waals surface area contributed by atoms with Gasteiger partial charge in [-0.2, -0.15) is 0 Å². The third-order valence-electron chi connectivity index (χ3n) is 11.7. The van der Waals surface area contributed by atoms with Gasteiger partial charge in [0.1, 0.15) is 11.2 Å². The fraction of sp³-hybridized carbons (Fsp3) is 0. The largest absolute Gasteiger partial charge is 0.455 e. The maximum Gasteiger partial charge on any atom is 0.143 e. The highest BCUT2D eigenvalue weighted by atomic mass is 32.1. The van der Waals surface area contributed by atoms with Gasteiger partial charge in [-0.15, -0.1) is 11.3 Å². The van der Waals surface area contributed by atoms with Crippen LogP contribution in [-0.2, 0) is 0 Å². The molecule has 0 saturated carbocycles. The van der Waals surface area contributed by atoms with Gasteiger partial charge in [0.2, 0.25) is 0 Å². The first-order chi connectivity index (χ1) is 28.3. The van der Waals surface area contributed by atoms with Crippen molar-refractivity contribution in [3.05, 3.63) is 200 Å². The lowest BCUT2D eigenvalue weighted by molar-refractivity contribution is 0.670. The third kappa shape index (κ3) is 5.03. The summed E-state index contributed by atoms with van der Waals surface area (Å²) in [6, 6.07) is 72.7. The van der Waals surface area contributed by atoms with Crippen molar-refractivity contribution in [2.45, 2.75) is 0 Å². The Balaban J connectivity index is 1.02. The molecule has 0 aliphatic heterocycles. The number of anilines is 3. The van der Waals surface area contributed by atoms with E-state index >= 15 is 0 Å². The summed E-state index contributed by atoms with van der Waals surface area (Å²) in [4.78, 5) is 2.39. The fourth-order valence-electron chi connectivity index (χ4n) is 9.01. The van der Waals surface area contributed by atoms with Crippen LogP contribution in [0.3, 0.4) is 0 Å². The van der Waals surface area contributed by atoms with Crippen molar-refractivity contribution in [1.29, 1.82) is 0 Å². The molecule has 2 aromatic heterocycles. The summed E-state index contributed by atoms with van der Waals surface area (Å²) < 4.78 is 9.09. The molecule has 266 valence electrons. The zero-order valence-corrected chi connectivity index (χ0v) is 31.6. The van der Waals surface area contributed by atoms with Gasteiger partial charge < -0.3 is 9.32 Å². The summed E-state index contributed by atoms with van der Waals surface area (Å²) in [5.41, 5.74) is 9.79. The van der Waals surface area contributed by atoms with Gasteiger partial charge in [0.05, 0.1) is 0 Å². The molecule has 0 aliphatic carbocycles. The van der Waals surface area contributed by atoms with Crippen molar-refractivity contribution >= 4 is 103 Å². The molecule has 0 bridgehead atoms. The van der Waals surface area contributed by atoms with Crippen LogP contribution in [-0.4, -0.2) is 0 Å². The van der Waals surface area contributed by atoms with Crippen LogP contribution in [0.15, 0.2) is 205 Å². The van der Waals surface area contributed by atoms with Crippen LogP contribution >= 0.6 is 11.3 Å². The standard InChI is InChI=1S/C54H33NOS/c1-2-13-43-41(11-1)42-12-3-4-14-44(42)50-33-38(31-32-45(43)50)55(36-27-23-34(24-28-36)39-17-9-19-48-46-15-5-7-21-51(46)56-53(39)48)37-29-25-35(26-30-37)40-18-10-20-49-47-16-6-8-22-52(47)57-54(40)49/h1-33H. The van der Waals surface area contributed by atoms with Gasteiger partial charge in [-0.1, -0.05) is 152 Å². The Morgan fingerprint density at radius 1 is 0.333 bits per heavy atom. The molecule has 0 aliphatic rings. The predicted octanol–water partition coefficient (Wildman–Crippen LogP) is 16.2. The molecular weight excluding hydrogens is 711 g/mol. The molecule has 0 radical (unpaired) electrons. The SMILES string of the molecule is c1ccc2c(c1)oc1c(-c3ccc(N(c4ccc(-c5cccc6c5sc5ccccc56)cc4)c4ccc5c6ccccc6c6ccccc6c5c4)cc3)cccc12. The van der Waals surface area contributed by atoms with E-state index in [1.165, 1.54) is 63.6 Å². The topological polar surface area (TPSA) is 16.4 Å². The van der Waals surface area contributed by atoms with Crippen LogP contribution in [0.4, 0.5) is 17.1 Å². The Labute approximate surface area is 333 Å². The Morgan fingerprint density at radius 3 is 1.51 bits per heavy atom. The van der Waals surface area contributed by atoms with E-state index in [4.69, 9.17) is 4.42 Å². The molecule has 2 heterocycles. The first-order valence-electron chi connectivity index (χ1n) is 19.4. The first kappa shape index (κ1) is 32.1. The minimum atomic E-state index is 0.909. The number of rotatable bonds is 5. The highest BCUT2D eigenvalue weighted by Crippen LogP contribution is 2.44. The fourth-order valence-corrected chi connectivity index (χ4v) is 10.2. The molecule has 57 heavy (non-hydrogen) atoms. The van der Waals surface area contributed by atoms with Crippen molar-refractivity contribution in [2.24, 2.45) is 0 Å². The van der Waals surface area contributed by atoms with E-state index in [-0.39, 0.29) is 0 Å². The van der Waals surface area contributed by atoms with Gasteiger partial charge in [-0.05, 0) is 97.5 Å². The van der Waals surface area contributed by atoms with Crippen LogP contribution < -0.4 is 4.90 Å². The first-order valence-corrected chi connectivity index (χ1v) is 20.2. The molecule has 0 N–H and O–H groups in total. The minimum Gasteiger partial charge on any atom is -0.455 e. The molecule has 12 aromatic rings. The van der Waals surface area contributed by atoms with Gasteiger partial charge in [0.15, 0.2) is 0 Å².